The fraction of sp³-hybridized carbons (Fsp3) is 0.353. The molecule has 0 aliphatic rings. The second-order valence-electron chi connectivity index (χ2n) is 5.49. The summed E-state index contributed by atoms with van der Waals surface area (Å²) in [6, 6.07) is 3.57. The average molecular weight is 399 g/mol. The number of rotatable bonds is 6. The molecule has 0 N–H and O–H groups in total. The summed E-state index contributed by atoms with van der Waals surface area (Å²) in [5, 5.41) is -0.111. The highest BCUT2D eigenvalue weighted by atomic mass is 32.2. The minimum Gasteiger partial charge on any atom is -0.477 e. The van der Waals surface area contributed by atoms with Crippen molar-refractivity contribution in [2.75, 3.05) is 25.2 Å². The maximum atomic E-state index is 13.5. The smallest absolute Gasteiger partial charge is 0.417 e. The molecule has 144 valence electrons. The summed E-state index contributed by atoms with van der Waals surface area (Å²) in [6.45, 7) is 2.04. The number of carbonyl (C=O) groups is 1. The molecule has 0 bridgehead atoms. The van der Waals surface area contributed by atoms with Gasteiger partial charge >= 0.3 is 12.1 Å². The Morgan fingerprint density at radius 3 is 2.74 bits per heavy atom. The Bertz CT molecular complexity index is 988. The van der Waals surface area contributed by atoms with Crippen molar-refractivity contribution >= 4 is 34.4 Å². The Balaban J connectivity index is 2.19. The Labute approximate surface area is 156 Å². The third-order valence-electron chi connectivity index (χ3n) is 3.70. The summed E-state index contributed by atoms with van der Waals surface area (Å²) in [4.78, 5) is 20.2. The number of hydrogen-bond donors (Lipinski definition) is 0. The lowest BCUT2D eigenvalue weighted by Gasteiger charge is -2.13. The van der Waals surface area contributed by atoms with Crippen LogP contribution >= 0.6 is 11.8 Å². The molecule has 0 aliphatic carbocycles. The summed E-state index contributed by atoms with van der Waals surface area (Å²) < 4.78 is 52.2. The quantitative estimate of drug-likeness (QED) is 0.464. The van der Waals surface area contributed by atoms with E-state index in [1.165, 1.54) is 34.5 Å². The summed E-state index contributed by atoms with van der Waals surface area (Å²) >= 11 is 1.51. The van der Waals surface area contributed by atoms with Crippen LogP contribution in [0.2, 0.25) is 0 Å². The van der Waals surface area contributed by atoms with Crippen molar-refractivity contribution in [3.05, 3.63) is 35.7 Å². The Morgan fingerprint density at radius 2 is 2.07 bits per heavy atom. The van der Waals surface area contributed by atoms with Crippen LogP contribution < -0.4 is 4.74 Å². The van der Waals surface area contributed by atoms with Crippen LogP contribution in [-0.4, -0.2) is 45.6 Å². The number of thioether (sulfide) groups is 1. The number of pyridine rings is 2. The van der Waals surface area contributed by atoms with Crippen LogP contribution in [0.4, 0.5) is 13.2 Å². The van der Waals surface area contributed by atoms with Crippen molar-refractivity contribution in [2.45, 2.75) is 13.1 Å². The van der Waals surface area contributed by atoms with Crippen LogP contribution in [0.1, 0.15) is 23.0 Å². The number of fused-ring (bicyclic) bond motifs is 3. The molecule has 0 unspecified atom stereocenters. The monoisotopic (exact) mass is 399 g/mol. The predicted octanol–water partition coefficient (Wildman–Crippen LogP) is 3.82. The molecule has 10 heteroatoms. The van der Waals surface area contributed by atoms with Crippen LogP contribution in [0.25, 0.3) is 16.7 Å². The Kier molecular flexibility index (Phi) is 5.45. The topological polar surface area (TPSA) is 65.7 Å². The van der Waals surface area contributed by atoms with E-state index in [9.17, 15) is 18.0 Å². The zero-order valence-corrected chi connectivity index (χ0v) is 15.4. The fourth-order valence-electron chi connectivity index (χ4n) is 2.55. The van der Waals surface area contributed by atoms with Crippen LogP contribution in [0.3, 0.4) is 0 Å². The van der Waals surface area contributed by atoms with Gasteiger partial charge in [0.1, 0.15) is 11.3 Å². The third kappa shape index (κ3) is 3.95. The van der Waals surface area contributed by atoms with Gasteiger partial charge in [-0.3, -0.25) is 4.40 Å². The van der Waals surface area contributed by atoms with Crippen molar-refractivity contribution in [3.8, 4) is 5.88 Å². The minimum absolute atomic E-state index is 0.00419. The van der Waals surface area contributed by atoms with Gasteiger partial charge in [0.25, 0.3) is 0 Å². The molecule has 0 atom stereocenters. The van der Waals surface area contributed by atoms with Gasteiger partial charge in [-0.1, -0.05) is 0 Å². The van der Waals surface area contributed by atoms with Crippen LogP contribution in [0.5, 0.6) is 5.88 Å². The molecule has 0 radical (unpaired) electrons. The maximum Gasteiger partial charge on any atom is 0.417 e. The normalized spacial score (nSPS) is 11.9. The highest BCUT2D eigenvalue weighted by Gasteiger charge is 2.34. The Morgan fingerprint density at radius 1 is 1.30 bits per heavy atom. The first-order valence-corrected chi connectivity index (χ1v) is 9.43. The van der Waals surface area contributed by atoms with E-state index in [1.54, 1.807) is 6.92 Å². The summed E-state index contributed by atoms with van der Waals surface area (Å²) in [6.07, 6.45) is -1.41. The standard InChI is InChI=1S/C17H16F3N3O3S/c1-3-25-16(24)12-9-23-13(21-12)5-4-10-11(17(18,19)20)8-14(22-15(10)23)26-6-7-27-2/h4-5,8-9H,3,6-7H2,1-2H3. The van der Waals surface area contributed by atoms with Crippen molar-refractivity contribution in [3.63, 3.8) is 0 Å². The first-order valence-electron chi connectivity index (χ1n) is 8.04. The van der Waals surface area contributed by atoms with Gasteiger partial charge in [-0.2, -0.15) is 29.9 Å². The predicted molar refractivity (Wildman–Crippen MR) is 95.3 cm³/mol. The molecule has 0 spiro atoms. The first-order chi connectivity index (χ1) is 12.8. The van der Waals surface area contributed by atoms with E-state index in [-0.39, 0.29) is 41.5 Å². The Hall–Kier alpha value is -2.49. The van der Waals surface area contributed by atoms with E-state index < -0.39 is 17.7 Å². The van der Waals surface area contributed by atoms with Crippen LogP contribution in [0, 0.1) is 0 Å². The molecular weight excluding hydrogens is 383 g/mol. The zero-order chi connectivity index (χ0) is 19.6. The largest absolute Gasteiger partial charge is 0.477 e. The summed E-state index contributed by atoms with van der Waals surface area (Å²) in [7, 11) is 0. The fourth-order valence-corrected chi connectivity index (χ4v) is 2.80. The van der Waals surface area contributed by atoms with E-state index in [0.29, 0.717) is 5.75 Å². The highest BCUT2D eigenvalue weighted by Crippen LogP contribution is 2.36. The number of halogens is 3. The van der Waals surface area contributed by atoms with Gasteiger partial charge in [0.15, 0.2) is 5.69 Å². The van der Waals surface area contributed by atoms with Gasteiger partial charge in [-0.15, -0.1) is 0 Å². The molecule has 6 nitrogen and oxygen atoms in total. The van der Waals surface area contributed by atoms with E-state index in [1.807, 2.05) is 6.26 Å². The number of aromatic nitrogens is 3. The molecule has 0 saturated heterocycles. The molecule has 0 amide bonds. The van der Waals surface area contributed by atoms with Gasteiger partial charge < -0.3 is 9.47 Å². The van der Waals surface area contributed by atoms with Gasteiger partial charge in [0.05, 0.1) is 18.8 Å². The molecule has 0 fully saturated rings. The number of carbonyl (C=O) groups excluding carboxylic acids is 1. The van der Waals surface area contributed by atoms with Crippen LogP contribution in [-0.2, 0) is 10.9 Å². The molecule has 0 aromatic carbocycles. The molecular formula is C17H16F3N3O3S. The molecule has 0 saturated carbocycles. The number of ether oxygens (including phenoxy) is 2. The number of nitrogens with zero attached hydrogens (tertiary/aromatic N) is 3. The molecule has 3 aromatic rings. The SMILES string of the molecule is CCOC(=O)c1cn2c(ccc3c(C(F)(F)F)cc(OCCSC)nc32)n1. The van der Waals surface area contributed by atoms with Gasteiger partial charge in [0.2, 0.25) is 5.88 Å². The maximum absolute atomic E-state index is 13.5. The first kappa shape index (κ1) is 19.3. The molecule has 3 aromatic heterocycles. The van der Waals surface area contributed by atoms with Crippen LogP contribution in [0.15, 0.2) is 24.4 Å². The van der Waals surface area contributed by atoms with E-state index in [2.05, 4.69) is 9.97 Å². The number of imidazole rings is 1. The summed E-state index contributed by atoms with van der Waals surface area (Å²) in [5.74, 6) is -0.177. The molecule has 3 heterocycles. The lowest BCUT2D eigenvalue weighted by atomic mass is 10.1. The number of esters is 1. The van der Waals surface area contributed by atoms with Crippen molar-refractivity contribution in [2.24, 2.45) is 0 Å². The van der Waals surface area contributed by atoms with Crippen molar-refractivity contribution in [1.82, 2.24) is 14.4 Å². The molecule has 0 aliphatic heterocycles. The average Bonchev–Trinajstić information content (AvgIpc) is 3.05. The second kappa shape index (κ2) is 7.63. The summed E-state index contributed by atoms with van der Waals surface area (Å²) in [5.41, 5.74) is -0.578. The second-order valence-corrected chi connectivity index (χ2v) is 6.48. The van der Waals surface area contributed by atoms with Gasteiger partial charge in [0, 0.05) is 23.4 Å². The molecule has 3 rings (SSSR count). The van der Waals surface area contributed by atoms with Gasteiger partial charge in [-0.05, 0) is 25.3 Å². The van der Waals surface area contributed by atoms with E-state index >= 15 is 0 Å². The lowest BCUT2D eigenvalue weighted by Crippen LogP contribution is -2.10. The van der Waals surface area contributed by atoms with E-state index in [0.717, 1.165) is 6.07 Å². The zero-order valence-electron chi connectivity index (χ0n) is 14.5. The van der Waals surface area contributed by atoms with Crippen molar-refractivity contribution in [1.29, 1.82) is 0 Å². The molecule has 27 heavy (non-hydrogen) atoms. The third-order valence-corrected chi connectivity index (χ3v) is 4.28. The van der Waals surface area contributed by atoms with E-state index in [4.69, 9.17) is 9.47 Å². The number of hydrogen-bond acceptors (Lipinski definition) is 6. The minimum atomic E-state index is -4.59. The van der Waals surface area contributed by atoms with Gasteiger partial charge in [-0.25, -0.2) is 9.78 Å². The highest BCUT2D eigenvalue weighted by molar-refractivity contribution is 7.98. The lowest BCUT2D eigenvalue weighted by molar-refractivity contribution is -0.136. The number of alkyl halides is 3. The van der Waals surface area contributed by atoms with Crippen molar-refractivity contribution < 1.29 is 27.4 Å².